The highest BCUT2D eigenvalue weighted by Crippen LogP contribution is 2.24. The molecule has 0 fully saturated rings. The Morgan fingerprint density at radius 1 is 0.939 bits per heavy atom. The summed E-state index contributed by atoms with van der Waals surface area (Å²) in [6.45, 7) is 1.78. The lowest BCUT2D eigenvalue weighted by Gasteiger charge is -2.15. The molecule has 2 heterocycles. The first-order valence-electron chi connectivity index (χ1n) is 10.4. The number of nitrogens with zero attached hydrogens (tertiary/aromatic N) is 4. The van der Waals surface area contributed by atoms with Crippen LogP contribution in [0, 0.1) is 6.92 Å². The summed E-state index contributed by atoms with van der Waals surface area (Å²) in [5, 5.41) is 14.0. The molecule has 9 heteroatoms. The van der Waals surface area contributed by atoms with E-state index in [1.165, 1.54) is 0 Å². The Balaban J connectivity index is 1.44. The van der Waals surface area contributed by atoms with E-state index in [0.717, 1.165) is 16.9 Å². The van der Waals surface area contributed by atoms with E-state index in [1.807, 2.05) is 66.7 Å². The molecule has 0 radical (unpaired) electrons. The second kappa shape index (κ2) is 9.92. The molecule has 33 heavy (non-hydrogen) atoms. The topological polar surface area (TPSA) is 105 Å². The van der Waals surface area contributed by atoms with Crippen LogP contribution < -0.4 is 10.6 Å². The van der Waals surface area contributed by atoms with Gasteiger partial charge in [-0.1, -0.05) is 53.7 Å². The van der Waals surface area contributed by atoms with Gasteiger partial charge in [-0.05, 0) is 26.1 Å². The third-order valence-electron chi connectivity index (χ3n) is 4.77. The number of nitrogens with one attached hydrogen (secondary N) is 2. The Kier molecular flexibility index (Phi) is 6.61. The first-order valence-corrected chi connectivity index (χ1v) is 10.4. The molecule has 0 atom stereocenters. The van der Waals surface area contributed by atoms with Crippen LogP contribution in [0.25, 0.3) is 16.9 Å². The van der Waals surface area contributed by atoms with Gasteiger partial charge in [0.05, 0.1) is 24.5 Å². The Hall–Kier alpha value is -4.24. The SMILES string of the molecule is Cc1cc(NC(=O)CN(C)CC(=O)Nc2cc(-c3ccccc3)nn2-c2ccccc2)no1. The van der Waals surface area contributed by atoms with Gasteiger partial charge >= 0.3 is 0 Å². The zero-order valence-electron chi connectivity index (χ0n) is 18.4. The van der Waals surface area contributed by atoms with E-state index in [-0.39, 0.29) is 24.9 Å². The van der Waals surface area contributed by atoms with Crippen LogP contribution in [0.1, 0.15) is 5.76 Å². The molecule has 4 aromatic rings. The summed E-state index contributed by atoms with van der Waals surface area (Å²) in [5.74, 6) is 0.929. The summed E-state index contributed by atoms with van der Waals surface area (Å²) in [6.07, 6.45) is 0. The molecule has 2 aromatic carbocycles. The Labute approximate surface area is 191 Å². The number of rotatable bonds is 8. The molecule has 4 rings (SSSR count). The molecular formula is C24H24N6O3. The van der Waals surface area contributed by atoms with E-state index in [4.69, 9.17) is 4.52 Å². The van der Waals surface area contributed by atoms with E-state index in [0.29, 0.717) is 17.4 Å². The molecule has 0 unspecified atom stereocenters. The zero-order valence-corrected chi connectivity index (χ0v) is 18.4. The maximum atomic E-state index is 12.7. The number of carbonyl (C=O) groups is 2. The van der Waals surface area contributed by atoms with Gasteiger partial charge in [-0.15, -0.1) is 0 Å². The summed E-state index contributed by atoms with van der Waals surface area (Å²) in [4.78, 5) is 26.5. The predicted octanol–water partition coefficient (Wildman–Crippen LogP) is 3.34. The third kappa shape index (κ3) is 5.72. The van der Waals surface area contributed by atoms with Crippen molar-refractivity contribution >= 4 is 23.5 Å². The second-order valence-corrected chi connectivity index (χ2v) is 7.62. The summed E-state index contributed by atoms with van der Waals surface area (Å²) in [6, 6.07) is 22.8. The van der Waals surface area contributed by atoms with E-state index >= 15 is 0 Å². The molecule has 0 spiro atoms. The molecule has 0 aliphatic heterocycles. The van der Waals surface area contributed by atoms with Crippen LogP contribution >= 0.6 is 0 Å². The molecular weight excluding hydrogens is 420 g/mol. The number of likely N-dealkylation sites (N-methyl/N-ethyl adjacent to an activating group) is 1. The highest BCUT2D eigenvalue weighted by atomic mass is 16.5. The monoisotopic (exact) mass is 444 g/mol. The zero-order chi connectivity index (χ0) is 23.2. The number of amides is 2. The van der Waals surface area contributed by atoms with Crippen molar-refractivity contribution in [3.8, 4) is 16.9 Å². The van der Waals surface area contributed by atoms with Gasteiger partial charge in [0, 0.05) is 17.7 Å². The number of aryl methyl sites for hydroxylation is 1. The van der Waals surface area contributed by atoms with Crippen LogP contribution in [0.3, 0.4) is 0 Å². The van der Waals surface area contributed by atoms with Crippen LogP contribution in [-0.4, -0.2) is 51.8 Å². The normalized spacial score (nSPS) is 10.9. The lowest BCUT2D eigenvalue weighted by Crippen LogP contribution is -2.36. The fraction of sp³-hybridized carbons (Fsp3) is 0.167. The third-order valence-corrected chi connectivity index (χ3v) is 4.77. The Bertz CT molecular complexity index is 1230. The average Bonchev–Trinajstić information content (AvgIpc) is 3.40. The van der Waals surface area contributed by atoms with Gasteiger partial charge in [-0.25, -0.2) is 4.68 Å². The van der Waals surface area contributed by atoms with Crippen LogP contribution in [0.2, 0.25) is 0 Å². The van der Waals surface area contributed by atoms with Crippen LogP contribution in [0.4, 0.5) is 11.6 Å². The van der Waals surface area contributed by atoms with Gasteiger partial charge in [-0.2, -0.15) is 5.10 Å². The number of hydrogen-bond donors (Lipinski definition) is 2. The first-order chi connectivity index (χ1) is 16.0. The summed E-state index contributed by atoms with van der Waals surface area (Å²) < 4.78 is 6.63. The molecule has 0 saturated heterocycles. The standard InChI is InChI=1S/C24H24N6O3/c1-17-13-21(28-33-17)25-23(31)15-29(2)16-24(32)26-22-14-20(18-9-5-3-6-10-18)27-30(22)19-11-7-4-8-12-19/h3-14H,15-16H2,1-2H3,(H,26,32)(H,25,28,31). The maximum absolute atomic E-state index is 12.7. The lowest BCUT2D eigenvalue weighted by molar-refractivity contribution is -0.119. The minimum atomic E-state index is -0.292. The summed E-state index contributed by atoms with van der Waals surface area (Å²) in [7, 11) is 1.69. The van der Waals surface area contributed by atoms with E-state index < -0.39 is 0 Å². The average molecular weight is 444 g/mol. The van der Waals surface area contributed by atoms with Gasteiger partial charge in [-0.3, -0.25) is 14.5 Å². The molecule has 0 bridgehead atoms. The summed E-state index contributed by atoms with van der Waals surface area (Å²) >= 11 is 0. The molecule has 2 aromatic heterocycles. The minimum absolute atomic E-state index is 0.0197. The highest BCUT2D eigenvalue weighted by molar-refractivity contribution is 5.94. The van der Waals surface area contributed by atoms with Crippen molar-refractivity contribution in [1.29, 1.82) is 0 Å². The quantitative estimate of drug-likeness (QED) is 0.432. The number of carbonyl (C=O) groups excluding carboxylic acids is 2. The van der Waals surface area contributed by atoms with E-state index in [1.54, 1.807) is 29.6 Å². The molecule has 168 valence electrons. The van der Waals surface area contributed by atoms with Crippen LogP contribution in [0.5, 0.6) is 0 Å². The minimum Gasteiger partial charge on any atom is -0.360 e. The number of aromatic nitrogens is 3. The Morgan fingerprint density at radius 3 is 2.21 bits per heavy atom. The van der Waals surface area contributed by atoms with E-state index in [2.05, 4.69) is 20.9 Å². The van der Waals surface area contributed by atoms with Gasteiger partial charge in [0.15, 0.2) is 5.82 Å². The highest BCUT2D eigenvalue weighted by Gasteiger charge is 2.16. The molecule has 0 aliphatic rings. The van der Waals surface area contributed by atoms with Gasteiger partial charge in [0.1, 0.15) is 11.6 Å². The molecule has 0 aliphatic carbocycles. The van der Waals surface area contributed by atoms with Gasteiger partial charge in [0.25, 0.3) is 0 Å². The fourth-order valence-electron chi connectivity index (χ4n) is 3.32. The van der Waals surface area contributed by atoms with Crippen LogP contribution in [-0.2, 0) is 9.59 Å². The largest absolute Gasteiger partial charge is 0.360 e. The van der Waals surface area contributed by atoms with Crippen molar-refractivity contribution in [2.24, 2.45) is 0 Å². The smallest absolute Gasteiger partial charge is 0.239 e. The van der Waals surface area contributed by atoms with Crippen LogP contribution in [0.15, 0.2) is 77.3 Å². The van der Waals surface area contributed by atoms with Crippen molar-refractivity contribution in [3.63, 3.8) is 0 Å². The number of hydrogen-bond acceptors (Lipinski definition) is 6. The maximum Gasteiger partial charge on any atom is 0.239 e. The van der Waals surface area contributed by atoms with Crippen molar-refractivity contribution < 1.29 is 14.1 Å². The molecule has 9 nitrogen and oxygen atoms in total. The predicted molar refractivity (Wildman–Crippen MR) is 125 cm³/mol. The fourth-order valence-corrected chi connectivity index (χ4v) is 3.32. The van der Waals surface area contributed by atoms with E-state index in [9.17, 15) is 9.59 Å². The first kappa shape index (κ1) is 22.0. The number of para-hydroxylation sites is 1. The lowest BCUT2D eigenvalue weighted by atomic mass is 10.2. The van der Waals surface area contributed by atoms with Crippen molar-refractivity contribution in [2.45, 2.75) is 6.92 Å². The molecule has 2 amide bonds. The molecule has 0 saturated carbocycles. The van der Waals surface area contributed by atoms with Gasteiger partial charge < -0.3 is 15.2 Å². The number of benzene rings is 2. The van der Waals surface area contributed by atoms with Crippen molar-refractivity contribution in [1.82, 2.24) is 19.8 Å². The second-order valence-electron chi connectivity index (χ2n) is 7.62. The summed E-state index contributed by atoms with van der Waals surface area (Å²) in [5.41, 5.74) is 2.51. The van der Waals surface area contributed by atoms with Crippen molar-refractivity contribution in [3.05, 3.63) is 78.6 Å². The van der Waals surface area contributed by atoms with Crippen molar-refractivity contribution in [2.75, 3.05) is 30.8 Å². The Morgan fingerprint density at radius 2 is 1.58 bits per heavy atom. The molecule has 2 N–H and O–H groups in total. The number of anilines is 2. The van der Waals surface area contributed by atoms with Gasteiger partial charge in [0.2, 0.25) is 11.8 Å².